The maximum absolute atomic E-state index is 12.7. The van der Waals surface area contributed by atoms with Gasteiger partial charge < -0.3 is 19.6 Å². The number of pyridine rings is 2. The van der Waals surface area contributed by atoms with E-state index >= 15 is 0 Å². The van der Waals surface area contributed by atoms with Crippen molar-refractivity contribution in [2.24, 2.45) is 0 Å². The predicted octanol–water partition coefficient (Wildman–Crippen LogP) is 2.92. The van der Waals surface area contributed by atoms with Crippen LogP contribution in [0.4, 0.5) is 5.82 Å². The van der Waals surface area contributed by atoms with Gasteiger partial charge in [-0.05, 0) is 23.8 Å². The lowest BCUT2D eigenvalue weighted by atomic mass is 10.1. The number of hydrogen-bond acceptors (Lipinski definition) is 7. The quantitative estimate of drug-likeness (QED) is 0.374. The highest BCUT2D eigenvalue weighted by Crippen LogP contribution is 2.31. The van der Waals surface area contributed by atoms with Crippen LogP contribution >= 0.6 is 0 Å². The molecule has 9 heteroatoms. The van der Waals surface area contributed by atoms with Crippen LogP contribution in [0.5, 0.6) is 5.75 Å². The maximum Gasteiger partial charge on any atom is 0.227 e. The third kappa shape index (κ3) is 5.39. The van der Waals surface area contributed by atoms with Crippen LogP contribution in [0.2, 0.25) is 0 Å². The van der Waals surface area contributed by atoms with Crippen LogP contribution in [0.3, 0.4) is 0 Å². The van der Waals surface area contributed by atoms with Crippen molar-refractivity contribution in [3.05, 3.63) is 78.2 Å². The first-order valence-corrected chi connectivity index (χ1v) is 12.3. The van der Waals surface area contributed by atoms with Crippen molar-refractivity contribution in [2.75, 3.05) is 44.3 Å². The monoisotopic (exact) mass is 496 g/mol. The Balaban J connectivity index is 1.30. The third-order valence-corrected chi connectivity index (χ3v) is 6.49. The Bertz CT molecular complexity index is 1400. The molecule has 0 saturated carbocycles. The molecule has 1 N–H and O–H groups in total. The van der Waals surface area contributed by atoms with E-state index in [0.717, 1.165) is 22.5 Å². The number of anilines is 1. The summed E-state index contributed by atoms with van der Waals surface area (Å²) in [7, 11) is 0. The van der Waals surface area contributed by atoms with Gasteiger partial charge in [-0.3, -0.25) is 4.79 Å². The minimum Gasteiger partial charge on any atom is -0.492 e. The zero-order valence-corrected chi connectivity index (χ0v) is 20.5. The summed E-state index contributed by atoms with van der Waals surface area (Å²) in [5.41, 5.74) is 3.83. The molecule has 1 fully saturated rings. The van der Waals surface area contributed by atoms with Crippen LogP contribution in [0.25, 0.3) is 16.6 Å². The standard InChI is InChI=1S/C28H28N6O3/c29-17-23-19-31-34-20-24(37-14-4-13-35)16-25(28(23)34)22-7-8-26(30-18-22)32-9-11-33(12-10-32)27(36)15-21-5-2-1-3-6-21/h1-3,5-8,16,18-20,35H,4,9-15H2. The van der Waals surface area contributed by atoms with E-state index in [4.69, 9.17) is 14.8 Å². The van der Waals surface area contributed by atoms with Crippen LogP contribution in [-0.2, 0) is 11.2 Å². The van der Waals surface area contributed by atoms with E-state index in [-0.39, 0.29) is 12.5 Å². The summed E-state index contributed by atoms with van der Waals surface area (Å²) in [5, 5.41) is 22.9. The molecule has 1 aliphatic rings. The van der Waals surface area contributed by atoms with Gasteiger partial charge in [0.1, 0.15) is 17.6 Å². The molecule has 37 heavy (non-hydrogen) atoms. The number of aromatic nitrogens is 3. The lowest BCUT2D eigenvalue weighted by Gasteiger charge is -2.35. The highest BCUT2D eigenvalue weighted by Gasteiger charge is 2.22. The van der Waals surface area contributed by atoms with Gasteiger partial charge in [-0.15, -0.1) is 0 Å². The van der Waals surface area contributed by atoms with Gasteiger partial charge in [0.05, 0.1) is 36.5 Å². The van der Waals surface area contributed by atoms with Crippen LogP contribution in [0, 0.1) is 11.3 Å². The van der Waals surface area contributed by atoms with E-state index in [1.807, 2.05) is 53.4 Å². The van der Waals surface area contributed by atoms with Gasteiger partial charge in [0, 0.05) is 56.5 Å². The number of nitriles is 1. The average Bonchev–Trinajstić information content (AvgIpc) is 3.37. The van der Waals surface area contributed by atoms with Gasteiger partial charge >= 0.3 is 0 Å². The molecule has 0 unspecified atom stereocenters. The summed E-state index contributed by atoms with van der Waals surface area (Å²) < 4.78 is 7.42. The van der Waals surface area contributed by atoms with Gasteiger partial charge in [-0.25, -0.2) is 9.50 Å². The van der Waals surface area contributed by atoms with Gasteiger partial charge in [-0.2, -0.15) is 10.4 Å². The molecule has 0 aliphatic carbocycles. The molecule has 0 radical (unpaired) electrons. The molecule has 5 rings (SSSR count). The highest BCUT2D eigenvalue weighted by atomic mass is 16.5. The van der Waals surface area contributed by atoms with Crippen LogP contribution in [-0.4, -0.2) is 69.9 Å². The second-order valence-electron chi connectivity index (χ2n) is 8.91. The Morgan fingerprint density at radius 2 is 1.89 bits per heavy atom. The predicted molar refractivity (Wildman–Crippen MR) is 139 cm³/mol. The number of fused-ring (bicyclic) bond motifs is 1. The topological polar surface area (TPSA) is 107 Å². The Labute approximate surface area is 215 Å². The Morgan fingerprint density at radius 1 is 1.08 bits per heavy atom. The first-order valence-electron chi connectivity index (χ1n) is 12.3. The van der Waals surface area contributed by atoms with E-state index in [1.165, 1.54) is 6.20 Å². The van der Waals surface area contributed by atoms with E-state index in [0.29, 0.717) is 62.5 Å². The SMILES string of the molecule is N#Cc1cnn2cc(OCCCO)cc(-c3ccc(N4CCN(C(=O)Cc5ccccc5)CC4)nc3)c12. The zero-order valence-electron chi connectivity index (χ0n) is 20.5. The van der Waals surface area contributed by atoms with Crippen LogP contribution in [0.1, 0.15) is 17.5 Å². The molecule has 0 bridgehead atoms. The lowest BCUT2D eigenvalue weighted by molar-refractivity contribution is -0.130. The molecule has 1 aromatic carbocycles. The average molecular weight is 497 g/mol. The number of ether oxygens (including phenoxy) is 1. The number of rotatable bonds is 8. The molecule has 4 aromatic rings. The number of benzene rings is 1. The van der Waals surface area contributed by atoms with Crippen molar-refractivity contribution in [3.8, 4) is 22.9 Å². The fourth-order valence-electron chi connectivity index (χ4n) is 4.53. The third-order valence-electron chi connectivity index (χ3n) is 6.49. The van der Waals surface area contributed by atoms with E-state index in [1.54, 1.807) is 16.9 Å². The number of nitrogens with zero attached hydrogens (tertiary/aromatic N) is 6. The van der Waals surface area contributed by atoms with Crippen LogP contribution < -0.4 is 9.64 Å². The number of amides is 1. The molecular formula is C28H28N6O3. The number of carbonyl (C=O) groups is 1. The maximum atomic E-state index is 12.7. The molecule has 1 aliphatic heterocycles. The first kappa shape index (κ1) is 24.3. The minimum absolute atomic E-state index is 0.0519. The molecule has 1 amide bonds. The van der Waals surface area contributed by atoms with Crippen molar-refractivity contribution in [1.29, 1.82) is 5.26 Å². The summed E-state index contributed by atoms with van der Waals surface area (Å²) >= 11 is 0. The molecule has 0 atom stereocenters. The summed E-state index contributed by atoms with van der Waals surface area (Å²) in [4.78, 5) is 21.5. The van der Waals surface area contributed by atoms with E-state index in [2.05, 4.69) is 16.1 Å². The number of piperazine rings is 1. The largest absolute Gasteiger partial charge is 0.492 e. The van der Waals surface area contributed by atoms with Gasteiger partial charge in [-0.1, -0.05) is 30.3 Å². The van der Waals surface area contributed by atoms with Gasteiger partial charge in [0.25, 0.3) is 0 Å². The fraction of sp³-hybridized carbons (Fsp3) is 0.286. The molecule has 1 saturated heterocycles. The number of hydrogen-bond donors (Lipinski definition) is 1. The van der Waals surface area contributed by atoms with Crippen molar-refractivity contribution < 1.29 is 14.6 Å². The van der Waals surface area contributed by atoms with Gasteiger partial charge in [0.2, 0.25) is 5.91 Å². The van der Waals surface area contributed by atoms with E-state index < -0.39 is 0 Å². The lowest BCUT2D eigenvalue weighted by Crippen LogP contribution is -2.49. The number of aliphatic hydroxyl groups excluding tert-OH is 1. The minimum atomic E-state index is 0.0519. The number of carbonyl (C=O) groups excluding carboxylic acids is 1. The Morgan fingerprint density at radius 3 is 2.59 bits per heavy atom. The van der Waals surface area contributed by atoms with Crippen molar-refractivity contribution in [1.82, 2.24) is 19.5 Å². The number of aliphatic hydroxyl groups is 1. The molecule has 3 aromatic heterocycles. The van der Waals surface area contributed by atoms with Crippen LogP contribution in [0.15, 0.2) is 67.1 Å². The summed E-state index contributed by atoms with van der Waals surface area (Å²) in [6.45, 7) is 3.18. The van der Waals surface area contributed by atoms with Crippen molar-refractivity contribution in [3.63, 3.8) is 0 Å². The normalized spacial score (nSPS) is 13.5. The summed E-state index contributed by atoms with van der Waals surface area (Å²) in [6, 6.07) is 17.9. The molecule has 9 nitrogen and oxygen atoms in total. The molecule has 4 heterocycles. The summed E-state index contributed by atoms with van der Waals surface area (Å²) in [6.07, 6.45) is 6.01. The van der Waals surface area contributed by atoms with Gasteiger partial charge in [0.15, 0.2) is 0 Å². The first-order chi connectivity index (χ1) is 18.2. The van der Waals surface area contributed by atoms with Crippen molar-refractivity contribution >= 4 is 17.2 Å². The summed E-state index contributed by atoms with van der Waals surface area (Å²) in [5.74, 6) is 1.59. The molecule has 188 valence electrons. The van der Waals surface area contributed by atoms with E-state index in [9.17, 15) is 10.1 Å². The second-order valence-corrected chi connectivity index (χ2v) is 8.91. The smallest absolute Gasteiger partial charge is 0.227 e. The highest BCUT2D eigenvalue weighted by molar-refractivity contribution is 5.85. The molecule has 0 spiro atoms. The second kappa shape index (κ2) is 11.1. The molecular weight excluding hydrogens is 468 g/mol. The fourth-order valence-corrected chi connectivity index (χ4v) is 4.53. The zero-order chi connectivity index (χ0) is 25.6. The Hall–Kier alpha value is -4.42. The Kier molecular flexibility index (Phi) is 7.28. The van der Waals surface area contributed by atoms with Crippen molar-refractivity contribution in [2.45, 2.75) is 12.8 Å².